The van der Waals surface area contributed by atoms with Crippen molar-refractivity contribution in [2.75, 3.05) is 45.8 Å². The number of aromatic amines is 1. The highest BCUT2D eigenvalue weighted by Crippen LogP contribution is 2.16. The Kier molecular flexibility index (Phi) is 5.71. The van der Waals surface area contributed by atoms with Crippen LogP contribution in [0, 0.1) is 0 Å². The van der Waals surface area contributed by atoms with Gasteiger partial charge in [0.15, 0.2) is 0 Å². The summed E-state index contributed by atoms with van der Waals surface area (Å²) in [6.07, 6.45) is 4.64. The number of likely N-dealkylation sites (tertiary alicyclic amines) is 1. The number of fused-ring (bicyclic) bond motifs is 1. The maximum Gasteiger partial charge on any atom is 0.326 e. The molecule has 0 bridgehead atoms. The Labute approximate surface area is 170 Å². The molecule has 0 unspecified atom stereocenters. The quantitative estimate of drug-likeness (QED) is 0.836. The average molecular weight is 399 g/mol. The van der Waals surface area contributed by atoms with Crippen LogP contribution >= 0.6 is 0 Å². The lowest BCUT2D eigenvalue weighted by Crippen LogP contribution is -2.51. The van der Waals surface area contributed by atoms with Crippen LogP contribution in [-0.2, 0) is 11.8 Å². The highest BCUT2D eigenvalue weighted by Gasteiger charge is 2.25. The van der Waals surface area contributed by atoms with Crippen LogP contribution in [-0.4, -0.2) is 81.9 Å². The van der Waals surface area contributed by atoms with Crippen LogP contribution in [0.5, 0.6) is 0 Å². The minimum absolute atomic E-state index is 0.0323. The number of imidazole rings is 1. The predicted molar refractivity (Wildman–Crippen MR) is 111 cm³/mol. The molecule has 2 aromatic rings. The zero-order valence-corrected chi connectivity index (χ0v) is 17.0. The highest BCUT2D eigenvalue weighted by molar-refractivity contribution is 5.97. The summed E-state index contributed by atoms with van der Waals surface area (Å²) in [5, 5.41) is 0. The lowest BCUT2D eigenvalue weighted by molar-refractivity contribution is -0.132. The van der Waals surface area contributed by atoms with Crippen LogP contribution in [0.25, 0.3) is 11.0 Å². The lowest BCUT2D eigenvalue weighted by atomic mass is 10.1. The number of aromatic nitrogens is 2. The highest BCUT2D eigenvalue weighted by atomic mass is 16.2. The molecule has 0 radical (unpaired) electrons. The standard InChI is InChI=1S/C21H29N5O3/c1-23-18-7-6-16(14-17(18)22-21(23)29)20(28)26-12-10-24(11-13-26)15-19(27)25-8-4-2-3-5-9-25/h6-7,14H,2-5,8-13,15H2,1H3,(H,22,29). The summed E-state index contributed by atoms with van der Waals surface area (Å²) in [5.74, 6) is 0.181. The van der Waals surface area contributed by atoms with Crippen LogP contribution in [0.15, 0.2) is 23.0 Å². The molecular formula is C21H29N5O3. The van der Waals surface area contributed by atoms with E-state index in [2.05, 4.69) is 9.88 Å². The van der Waals surface area contributed by atoms with Gasteiger partial charge in [0, 0.05) is 51.9 Å². The van der Waals surface area contributed by atoms with Crippen LogP contribution < -0.4 is 5.69 Å². The molecule has 8 nitrogen and oxygen atoms in total. The van der Waals surface area contributed by atoms with Crippen LogP contribution in [0.2, 0.25) is 0 Å². The summed E-state index contributed by atoms with van der Waals surface area (Å²) in [6.45, 7) is 4.82. The molecule has 2 aliphatic rings. The molecule has 1 N–H and O–H groups in total. The molecular weight excluding hydrogens is 370 g/mol. The second kappa shape index (κ2) is 8.41. The van der Waals surface area contributed by atoms with Crippen molar-refractivity contribution >= 4 is 22.8 Å². The molecule has 2 amide bonds. The topological polar surface area (TPSA) is 81.6 Å². The number of nitrogens with one attached hydrogen (secondary N) is 1. The Morgan fingerprint density at radius 3 is 2.31 bits per heavy atom. The average Bonchev–Trinajstić information content (AvgIpc) is 2.92. The third kappa shape index (κ3) is 4.22. The molecule has 2 aliphatic heterocycles. The van der Waals surface area contributed by atoms with E-state index in [1.165, 1.54) is 17.4 Å². The van der Waals surface area contributed by atoms with E-state index in [1.807, 2.05) is 9.80 Å². The molecule has 0 spiro atoms. The fourth-order valence-corrected chi connectivity index (χ4v) is 4.27. The van der Waals surface area contributed by atoms with Gasteiger partial charge in [-0.05, 0) is 31.0 Å². The van der Waals surface area contributed by atoms with Crippen molar-refractivity contribution in [3.8, 4) is 0 Å². The summed E-state index contributed by atoms with van der Waals surface area (Å²) >= 11 is 0. The van der Waals surface area contributed by atoms with Gasteiger partial charge in [-0.2, -0.15) is 0 Å². The number of carbonyl (C=O) groups excluding carboxylic acids is 2. The molecule has 0 atom stereocenters. The Hall–Kier alpha value is -2.61. The molecule has 156 valence electrons. The molecule has 1 aromatic carbocycles. The van der Waals surface area contributed by atoms with Gasteiger partial charge in [0.05, 0.1) is 17.6 Å². The monoisotopic (exact) mass is 399 g/mol. The first-order valence-corrected chi connectivity index (χ1v) is 10.5. The van der Waals surface area contributed by atoms with E-state index in [4.69, 9.17) is 0 Å². The second-order valence-electron chi connectivity index (χ2n) is 8.08. The van der Waals surface area contributed by atoms with Crippen molar-refractivity contribution in [2.45, 2.75) is 25.7 Å². The molecule has 8 heteroatoms. The van der Waals surface area contributed by atoms with Gasteiger partial charge in [-0.3, -0.25) is 19.1 Å². The summed E-state index contributed by atoms with van der Waals surface area (Å²) in [4.78, 5) is 46.0. The molecule has 3 heterocycles. The van der Waals surface area contributed by atoms with Crippen molar-refractivity contribution < 1.29 is 9.59 Å². The first-order valence-electron chi connectivity index (χ1n) is 10.5. The second-order valence-corrected chi connectivity index (χ2v) is 8.08. The lowest BCUT2D eigenvalue weighted by Gasteiger charge is -2.35. The first-order chi connectivity index (χ1) is 14.0. The molecule has 0 aliphatic carbocycles. The number of amides is 2. The van der Waals surface area contributed by atoms with Gasteiger partial charge in [0.25, 0.3) is 5.91 Å². The van der Waals surface area contributed by atoms with Crippen molar-refractivity contribution in [1.29, 1.82) is 0 Å². The fraction of sp³-hybridized carbons (Fsp3) is 0.571. The van der Waals surface area contributed by atoms with Gasteiger partial charge in [-0.25, -0.2) is 4.79 Å². The number of aryl methyl sites for hydroxylation is 1. The zero-order chi connectivity index (χ0) is 20.4. The SMILES string of the molecule is Cn1c(=O)[nH]c2cc(C(=O)N3CCN(CC(=O)N4CCCCCC4)CC3)ccc21. The van der Waals surface area contributed by atoms with E-state index in [0.29, 0.717) is 43.8 Å². The number of hydrogen-bond donors (Lipinski definition) is 1. The van der Waals surface area contributed by atoms with Crippen LogP contribution in [0.4, 0.5) is 0 Å². The Morgan fingerprint density at radius 2 is 1.62 bits per heavy atom. The first kappa shape index (κ1) is 19.7. The fourth-order valence-electron chi connectivity index (χ4n) is 4.27. The largest absolute Gasteiger partial charge is 0.342 e. The van der Waals surface area contributed by atoms with Crippen LogP contribution in [0.1, 0.15) is 36.0 Å². The van der Waals surface area contributed by atoms with E-state index >= 15 is 0 Å². The number of piperazine rings is 1. The van der Waals surface area contributed by atoms with Gasteiger partial charge in [-0.1, -0.05) is 12.8 Å². The van der Waals surface area contributed by atoms with Gasteiger partial charge in [-0.15, -0.1) is 0 Å². The molecule has 2 fully saturated rings. The normalized spacial score (nSPS) is 18.8. The van der Waals surface area contributed by atoms with E-state index in [0.717, 1.165) is 31.4 Å². The third-order valence-electron chi connectivity index (χ3n) is 6.13. The van der Waals surface area contributed by atoms with E-state index in [1.54, 1.807) is 25.2 Å². The van der Waals surface area contributed by atoms with Crippen molar-refractivity contribution in [2.24, 2.45) is 7.05 Å². The molecule has 4 rings (SSSR count). The maximum absolute atomic E-state index is 12.9. The molecule has 0 saturated carbocycles. The van der Waals surface area contributed by atoms with E-state index in [-0.39, 0.29) is 17.5 Å². The minimum Gasteiger partial charge on any atom is -0.342 e. The van der Waals surface area contributed by atoms with Gasteiger partial charge >= 0.3 is 5.69 Å². The number of nitrogens with zero attached hydrogens (tertiary/aromatic N) is 4. The van der Waals surface area contributed by atoms with Gasteiger partial charge in [0.1, 0.15) is 0 Å². The number of carbonyl (C=O) groups is 2. The Morgan fingerprint density at radius 1 is 0.931 bits per heavy atom. The van der Waals surface area contributed by atoms with E-state index < -0.39 is 0 Å². The van der Waals surface area contributed by atoms with Crippen molar-refractivity contribution in [3.05, 3.63) is 34.2 Å². The third-order valence-corrected chi connectivity index (χ3v) is 6.13. The maximum atomic E-state index is 12.9. The minimum atomic E-state index is -0.188. The Bertz CT molecular complexity index is 947. The number of rotatable bonds is 3. The van der Waals surface area contributed by atoms with E-state index in [9.17, 15) is 14.4 Å². The zero-order valence-electron chi connectivity index (χ0n) is 17.0. The summed E-state index contributed by atoms with van der Waals surface area (Å²) < 4.78 is 1.53. The molecule has 1 aromatic heterocycles. The van der Waals surface area contributed by atoms with Gasteiger partial charge in [0.2, 0.25) is 5.91 Å². The summed E-state index contributed by atoms with van der Waals surface area (Å²) in [5.41, 5.74) is 1.84. The number of hydrogen-bond acceptors (Lipinski definition) is 4. The summed E-state index contributed by atoms with van der Waals surface area (Å²) in [7, 11) is 1.70. The number of benzene rings is 1. The van der Waals surface area contributed by atoms with Crippen molar-refractivity contribution in [1.82, 2.24) is 24.3 Å². The molecule has 2 saturated heterocycles. The van der Waals surface area contributed by atoms with Crippen molar-refractivity contribution in [3.63, 3.8) is 0 Å². The van der Waals surface area contributed by atoms with Crippen LogP contribution in [0.3, 0.4) is 0 Å². The number of H-pyrrole nitrogens is 1. The predicted octanol–water partition coefficient (Wildman–Crippen LogP) is 1.03. The summed E-state index contributed by atoms with van der Waals surface area (Å²) in [6, 6.07) is 5.32. The Balaban J connectivity index is 1.33. The molecule has 29 heavy (non-hydrogen) atoms. The van der Waals surface area contributed by atoms with Gasteiger partial charge < -0.3 is 14.8 Å². The smallest absolute Gasteiger partial charge is 0.326 e.